The number of aromatic nitrogens is 3. The highest BCUT2D eigenvalue weighted by atomic mass is 35.5. The van der Waals surface area contributed by atoms with Gasteiger partial charge in [-0.2, -0.15) is 0 Å². The number of carbonyl (C=O) groups is 1. The Morgan fingerprint density at radius 3 is 2.64 bits per heavy atom. The second-order valence-corrected chi connectivity index (χ2v) is 9.98. The van der Waals surface area contributed by atoms with Crippen molar-refractivity contribution in [1.82, 2.24) is 19.3 Å². The Morgan fingerprint density at radius 1 is 1.06 bits per heavy atom. The number of benzene rings is 1. The fraction of sp³-hybridized carbons (Fsp3) is 0.296. The van der Waals surface area contributed by atoms with Crippen LogP contribution in [-0.4, -0.2) is 57.4 Å². The molecule has 0 atom stereocenters. The van der Waals surface area contributed by atoms with Gasteiger partial charge < -0.3 is 15.5 Å². The van der Waals surface area contributed by atoms with Crippen LogP contribution in [0.4, 0.5) is 22.9 Å². The summed E-state index contributed by atoms with van der Waals surface area (Å²) in [4.78, 5) is 25.9. The Hall–Kier alpha value is -3.62. The number of anilines is 4. The zero-order valence-electron chi connectivity index (χ0n) is 20.3. The van der Waals surface area contributed by atoms with Crippen LogP contribution in [0.2, 0.25) is 5.15 Å². The van der Waals surface area contributed by atoms with Crippen LogP contribution < -0.4 is 15.5 Å². The molecule has 0 bridgehead atoms. The normalized spacial score (nSPS) is 16.0. The van der Waals surface area contributed by atoms with Gasteiger partial charge in [-0.15, -0.1) is 0 Å². The highest BCUT2D eigenvalue weighted by Gasteiger charge is 2.21. The lowest BCUT2D eigenvalue weighted by Gasteiger charge is -2.38. The van der Waals surface area contributed by atoms with E-state index >= 15 is 0 Å². The molecule has 0 unspecified atom stereocenters. The number of rotatable bonds is 5. The summed E-state index contributed by atoms with van der Waals surface area (Å²) < 4.78 is 1.85. The minimum atomic E-state index is 0.0111. The van der Waals surface area contributed by atoms with Gasteiger partial charge in [-0.1, -0.05) is 23.7 Å². The summed E-state index contributed by atoms with van der Waals surface area (Å²) in [5.74, 6) is 0.746. The number of carbonyl (C=O) groups excluding carboxylic acids is 1. The zero-order valence-corrected chi connectivity index (χ0v) is 21.1. The molecule has 0 spiro atoms. The molecule has 36 heavy (non-hydrogen) atoms. The lowest BCUT2D eigenvalue weighted by atomic mass is 10.0. The van der Waals surface area contributed by atoms with E-state index in [-0.39, 0.29) is 5.91 Å². The van der Waals surface area contributed by atoms with Crippen molar-refractivity contribution in [3.8, 4) is 11.1 Å². The molecule has 3 aromatic heterocycles. The number of nitrogens with one attached hydrogen (secondary N) is 2. The van der Waals surface area contributed by atoms with Crippen LogP contribution in [0.3, 0.4) is 0 Å². The molecule has 4 aromatic rings. The summed E-state index contributed by atoms with van der Waals surface area (Å²) in [6.07, 6.45) is 5.91. The summed E-state index contributed by atoms with van der Waals surface area (Å²) in [5.41, 5.74) is 6.24. The highest BCUT2D eigenvalue weighted by molar-refractivity contribution is 6.32. The maximum atomic E-state index is 11.8. The van der Waals surface area contributed by atoms with Crippen molar-refractivity contribution in [2.24, 2.45) is 0 Å². The zero-order chi connectivity index (χ0) is 24.8. The minimum absolute atomic E-state index is 0.0111. The van der Waals surface area contributed by atoms with E-state index in [4.69, 9.17) is 16.6 Å². The molecule has 2 aliphatic heterocycles. The van der Waals surface area contributed by atoms with E-state index in [1.807, 2.05) is 47.1 Å². The van der Waals surface area contributed by atoms with E-state index < -0.39 is 0 Å². The average Bonchev–Trinajstić information content (AvgIpc) is 3.52. The summed E-state index contributed by atoms with van der Waals surface area (Å²) >= 11 is 6.79. The van der Waals surface area contributed by atoms with Crippen molar-refractivity contribution in [2.45, 2.75) is 26.3 Å². The lowest BCUT2D eigenvalue weighted by molar-refractivity contribution is -0.115. The second-order valence-electron chi connectivity index (χ2n) is 9.62. The van der Waals surface area contributed by atoms with Crippen molar-refractivity contribution in [1.29, 1.82) is 0 Å². The average molecular weight is 502 g/mol. The van der Waals surface area contributed by atoms with Gasteiger partial charge in [-0.3, -0.25) is 14.1 Å². The Kier molecular flexibility index (Phi) is 5.78. The predicted octanol–water partition coefficient (Wildman–Crippen LogP) is 4.82. The van der Waals surface area contributed by atoms with Gasteiger partial charge in [0.05, 0.1) is 24.0 Å². The van der Waals surface area contributed by atoms with E-state index in [0.717, 1.165) is 65.7 Å². The molecule has 0 saturated carbocycles. The van der Waals surface area contributed by atoms with E-state index in [9.17, 15) is 4.79 Å². The molecule has 9 heteroatoms. The molecule has 1 aromatic carbocycles. The van der Waals surface area contributed by atoms with Gasteiger partial charge in [0.25, 0.3) is 0 Å². The molecule has 8 nitrogen and oxygen atoms in total. The number of fused-ring (bicyclic) bond motifs is 2. The van der Waals surface area contributed by atoms with Crippen molar-refractivity contribution in [3.05, 3.63) is 65.7 Å². The fourth-order valence-corrected chi connectivity index (χ4v) is 5.32. The molecular weight excluding hydrogens is 474 g/mol. The Bertz CT molecular complexity index is 1440. The van der Waals surface area contributed by atoms with Crippen molar-refractivity contribution >= 4 is 46.0 Å². The first kappa shape index (κ1) is 22.8. The molecule has 0 aliphatic carbocycles. The predicted molar refractivity (Wildman–Crippen MR) is 144 cm³/mol. The smallest absolute Gasteiger partial charge is 0.228 e. The molecule has 1 saturated heterocycles. The number of pyridine rings is 2. The van der Waals surface area contributed by atoms with Gasteiger partial charge in [0, 0.05) is 55.9 Å². The number of hydrogen-bond donors (Lipinski definition) is 2. The number of halogens is 1. The van der Waals surface area contributed by atoms with E-state index in [1.54, 1.807) is 6.20 Å². The summed E-state index contributed by atoms with van der Waals surface area (Å²) in [6.45, 7) is 8.63. The number of imidazole rings is 1. The summed E-state index contributed by atoms with van der Waals surface area (Å²) in [6, 6.07) is 12.6. The van der Waals surface area contributed by atoms with E-state index in [2.05, 4.69) is 45.3 Å². The maximum Gasteiger partial charge on any atom is 0.228 e. The first-order valence-electron chi connectivity index (χ1n) is 12.3. The number of amides is 1. The van der Waals surface area contributed by atoms with Crippen LogP contribution in [0.1, 0.15) is 19.4 Å². The highest BCUT2D eigenvalue weighted by Crippen LogP contribution is 2.37. The van der Waals surface area contributed by atoms with Crippen LogP contribution in [0.5, 0.6) is 0 Å². The minimum Gasteiger partial charge on any atom is -0.368 e. The molecule has 2 aliphatic rings. The van der Waals surface area contributed by atoms with Crippen LogP contribution in [-0.2, 0) is 11.2 Å². The topological polar surface area (TPSA) is 77.8 Å². The largest absolute Gasteiger partial charge is 0.368 e. The standard InChI is InChI=1S/C27H28ClN7O/c1-17(2)33-9-11-34(12-10-33)20-5-6-24(30-16-20)31-23-15-21(26(28)35-8-7-29-27(23)35)18-3-4-19-14-25(36)32-22(19)13-18/h3-8,13,15-17H,9-12,14H2,1-2H3,(H,30,31)(H,32,36). The second kappa shape index (κ2) is 9.11. The SMILES string of the molecule is CC(C)N1CCN(c2ccc(Nc3cc(-c4ccc5c(c4)NC(=O)C5)c(Cl)n4ccnc34)nc2)CC1. The molecule has 2 N–H and O–H groups in total. The Labute approximate surface area is 214 Å². The molecule has 1 amide bonds. The van der Waals surface area contributed by atoms with Crippen LogP contribution >= 0.6 is 11.6 Å². The Morgan fingerprint density at radius 2 is 1.89 bits per heavy atom. The van der Waals surface area contributed by atoms with E-state index in [0.29, 0.717) is 23.3 Å². The van der Waals surface area contributed by atoms with Gasteiger partial charge in [0.2, 0.25) is 5.91 Å². The van der Waals surface area contributed by atoms with Crippen LogP contribution in [0.15, 0.2) is 55.0 Å². The lowest BCUT2D eigenvalue weighted by Crippen LogP contribution is -2.48. The van der Waals surface area contributed by atoms with Gasteiger partial charge in [-0.25, -0.2) is 9.97 Å². The van der Waals surface area contributed by atoms with Crippen molar-refractivity contribution < 1.29 is 4.79 Å². The number of hydrogen-bond acceptors (Lipinski definition) is 6. The molecule has 5 heterocycles. The fourth-order valence-electron chi connectivity index (χ4n) is 5.02. The summed E-state index contributed by atoms with van der Waals surface area (Å²) in [5, 5.41) is 6.91. The van der Waals surface area contributed by atoms with E-state index in [1.165, 1.54) is 0 Å². The molecule has 1 fully saturated rings. The monoisotopic (exact) mass is 501 g/mol. The molecule has 184 valence electrons. The maximum absolute atomic E-state index is 11.8. The first-order chi connectivity index (χ1) is 17.5. The van der Waals surface area contributed by atoms with Crippen molar-refractivity contribution in [2.75, 3.05) is 41.7 Å². The van der Waals surface area contributed by atoms with Gasteiger partial charge in [0.1, 0.15) is 11.0 Å². The Balaban J connectivity index is 1.27. The third-order valence-electron chi connectivity index (χ3n) is 7.07. The molecule has 6 rings (SSSR count). The number of nitrogens with zero attached hydrogens (tertiary/aromatic N) is 5. The molecular formula is C27H28ClN7O. The summed E-state index contributed by atoms with van der Waals surface area (Å²) in [7, 11) is 0. The van der Waals surface area contributed by atoms with Crippen LogP contribution in [0.25, 0.3) is 16.8 Å². The first-order valence-corrected chi connectivity index (χ1v) is 12.6. The van der Waals surface area contributed by atoms with Gasteiger partial charge in [0.15, 0.2) is 5.65 Å². The van der Waals surface area contributed by atoms with Crippen molar-refractivity contribution in [3.63, 3.8) is 0 Å². The van der Waals surface area contributed by atoms with Gasteiger partial charge in [-0.05, 0) is 49.2 Å². The third kappa shape index (κ3) is 4.16. The number of piperazine rings is 1. The third-order valence-corrected chi connectivity index (χ3v) is 7.46. The van der Waals surface area contributed by atoms with Crippen LogP contribution in [0, 0.1) is 0 Å². The van der Waals surface area contributed by atoms with Gasteiger partial charge >= 0.3 is 0 Å². The molecule has 0 radical (unpaired) electrons. The quantitative estimate of drug-likeness (QED) is 0.382.